The van der Waals surface area contributed by atoms with Gasteiger partial charge in [0.2, 0.25) is 0 Å². The molecule has 0 atom stereocenters. The normalized spacial score (nSPS) is 10.1. The molecule has 0 aliphatic heterocycles. The van der Waals surface area contributed by atoms with Gasteiger partial charge in [0.1, 0.15) is 11.6 Å². The molecule has 108 valence electrons. The zero-order valence-electron chi connectivity index (χ0n) is 10.9. The molecule has 0 unspecified atom stereocenters. The van der Waals surface area contributed by atoms with Gasteiger partial charge in [-0.3, -0.25) is 0 Å². The number of hydrogen-bond donors (Lipinski definition) is 1. The van der Waals surface area contributed by atoms with Crippen molar-refractivity contribution in [1.29, 1.82) is 0 Å². The van der Waals surface area contributed by atoms with E-state index >= 15 is 0 Å². The predicted molar refractivity (Wildman–Crippen MR) is 74.5 cm³/mol. The van der Waals surface area contributed by atoms with Gasteiger partial charge in [0, 0.05) is 12.0 Å². The Kier molecular flexibility index (Phi) is 4.72. The third kappa shape index (κ3) is 4.46. The van der Waals surface area contributed by atoms with E-state index in [0.29, 0.717) is 12.0 Å². The van der Waals surface area contributed by atoms with Crippen molar-refractivity contribution in [3.63, 3.8) is 0 Å². The van der Waals surface area contributed by atoms with Crippen molar-refractivity contribution in [2.45, 2.75) is 13.0 Å². The van der Waals surface area contributed by atoms with E-state index in [2.05, 4.69) is 16.6 Å². The van der Waals surface area contributed by atoms with E-state index in [4.69, 9.17) is 5.73 Å². The summed E-state index contributed by atoms with van der Waals surface area (Å²) < 4.78 is 41.4. The van der Waals surface area contributed by atoms with Crippen molar-refractivity contribution in [3.05, 3.63) is 59.4 Å². The Morgan fingerprint density at radius 1 is 1.10 bits per heavy atom. The molecular weight excluding hydrogens is 279 g/mol. The molecule has 0 spiro atoms. The number of hydrogen-bond acceptors (Lipinski definition) is 2. The fraction of sp³-hybridized carbons (Fsp3) is 0.125. The monoisotopic (exact) mass is 291 g/mol. The standard InChI is InChI=1S/C16H12F3NO/c17-14-10-12(6-9-15(14)20)3-1-2-11-4-7-13(8-5-11)21-16(18)19/h4-10,16H,2,20H2. The Balaban J connectivity index is 2.00. The molecule has 5 heteroatoms. The molecule has 0 amide bonds. The average molecular weight is 291 g/mol. The molecule has 0 bridgehead atoms. The Morgan fingerprint density at radius 2 is 1.81 bits per heavy atom. The van der Waals surface area contributed by atoms with Gasteiger partial charge >= 0.3 is 6.61 Å². The van der Waals surface area contributed by atoms with Gasteiger partial charge in [0.25, 0.3) is 0 Å². The van der Waals surface area contributed by atoms with Gasteiger partial charge in [-0.1, -0.05) is 24.0 Å². The second-order valence-electron chi connectivity index (χ2n) is 4.24. The van der Waals surface area contributed by atoms with Crippen LogP contribution in [-0.2, 0) is 6.42 Å². The van der Waals surface area contributed by atoms with Crippen molar-refractivity contribution in [2.24, 2.45) is 0 Å². The molecule has 21 heavy (non-hydrogen) atoms. The van der Waals surface area contributed by atoms with Gasteiger partial charge in [-0.25, -0.2) is 4.39 Å². The zero-order chi connectivity index (χ0) is 15.2. The van der Waals surface area contributed by atoms with Crippen LogP contribution in [0, 0.1) is 17.7 Å². The second-order valence-corrected chi connectivity index (χ2v) is 4.24. The van der Waals surface area contributed by atoms with Crippen LogP contribution in [-0.4, -0.2) is 6.61 Å². The van der Waals surface area contributed by atoms with Crippen LogP contribution in [0.5, 0.6) is 5.75 Å². The quantitative estimate of drug-likeness (QED) is 0.692. The fourth-order valence-electron chi connectivity index (χ4n) is 1.64. The lowest BCUT2D eigenvalue weighted by atomic mass is 10.1. The van der Waals surface area contributed by atoms with Crippen molar-refractivity contribution >= 4 is 5.69 Å². The molecule has 2 aromatic carbocycles. The molecule has 0 saturated heterocycles. The summed E-state index contributed by atoms with van der Waals surface area (Å²) in [6, 6.07) is 10.5. The van der Waals surface area contributed by atoms with Gasteiger partial charge in [-0.2, -0.15) is 8.78 Å². The lowest BCUT2D eigenvalue weighted by Gasteiger charge is -2.04. The van der Waals surface area contributed by atoms with Crippen molar-refractivity contribution in [2.75, 3.05) is 5.73 Å². The summed E-state index contributed by atoms with van der Waals surface area (Å²) in [5, 5.41) is 0. The number of ether oxygens (including phenoxy) is 1. The Labute approximate surface area is 120 Å². The van der Waals surface area contributed by atoms with Crippen LogP contribution < -0.4 is 10.5 Å². The topological polar surface area (TPSA) is 35.2 Å². The predicted octanol–water partition coefficient (Wildman–Crippen LogP) is 3.60. The van der Waals surface area contributed by atoms with E-state index < -0.39 is 12.4 Å². The van der Waals surface area contributed by atoms with Gasteiger partial charge in [0.05, 0.1) is 5.69 Å². The summed E-state index contributed by atoms with van der Waals surface area (Å²) in [6.45, 7) is -2.84. The van der Waals surface area contributed by atoms with Gasteiger partial charge in [-0.05, 0) is 35.9 Å². The van der Waals surface area contributed by atoms with Crippen LogP contribution in [0.3, 0.4) is 0 Å². The van der Waals surface area contributed by atoms with Crippen LogP contribution >= 0.6 is 0 Å². The first kappa shape index (κ1) is 14.8. The summed E-state index contributed by atoms with van der Waals surface area (Å²) in [6.07, 6.45) is 0.418. The molecule has 0 aliphatic carbocycles. The lowest BCUT2D eigenvalue weighted by molar-refractivity contribution is -0.0498. The highest BCUT2D eigenvalue weighted by molar-refractivity contribution is 5.46. The van der Waals surface area contributed by atoms with Crippen LogP contribution in [0.4, 0.5) is 18.9 Å². The minimum absolute atomic E-state index is 0.0789. The number of halogens is 3. The highest BCUT2D eigenvalue weighted by atomic mass is 19.3. The minimum Gasteiger partial charge on any atom is -0.435 e. The third-order valence-electron chi connectivity index (χ3n) is 2.67. The largest absolute Gasteiger partial charge is 0.435 e. The maximum absolute atomic E-state index is 13.2. The van der Waals surface area contributed by atoms with Gasteiger partial charge in [-0.15, -0.1) is 0 Å². The highest BCUT2D eigenvalue weighted by Crippen LogP contribution is 2.15. The van der Waals surface area contributed by atoms with E-state index in [1.54, 1.807) is 18.2 Å². The molecule has 0 aliphatic rings. The molecule has 0 aromatic heterocycles. The first-order chi connectivity index (χ1) is 10.0. The molecule has 0 saturated carbocycles. The molecule has 2 nitrogen and oxygen atoms in total. The Hall–Kier alpha value is -2.61. The fourth-order valence-corrected chi connectivity index (χ4v) is 1.64. The summed E-state index contributed by atoms with van der Waals surface area (Å²) in [5.41, 5.74) is 6.82. The van der Waals surface area contributed by atoms with E-state index in [1.807, 2.05) is 0 Å². The van der Waals surface area contributed by atoms with E-state index in [9.17, 15) is 13.2 Å². The lowest BCUT2D eigenvalue weighted by Crippen LogP contribution is -2.01. The first-order valence-corrected chi connectivity index (χ1v) is 6.12. The number of benzene rings is 2. The van der Waals surface area contributed by atoms with Gasteiger partial charge in [0.15, 0.2) is 0 Å². The maximum Gasteiger partial charge on any atom is 0.387 e. The number of nitrogen functional groups attached to an aromatic ring is 1. The minimum atomic E-state index is -2.84. The van der Waals surface area contributed by atoms with Crippen LogP contribution in [0.1, 0.15) is 11.1 Å². The van der Waals surface area contributed by atoms with Crippen molar-refractivity contribution < 1.29 is 17.9 Å². The maximum atomic E-state index is 13.2. The second kappa shape index (κ2) is 6.71. The highest BCUT2D eigenvalue weighted by Gasteiger charge is 2.03. The molecule has 0 radical (unpaired) electrons. The van der Waals surface area contributed by atoms with E-state index in [1.165, 1.54) is 24.3 Å². The summed E-state index contributed by atoms with van der Waals surface area (Å²) in [4.78, 5) is 0. The molecule has 2 aromatic rings. The van der Waals surface area contributed by atoms with Crippen LogP contribution in [0.25, 0.3) is 0 Å². The first-order valence-electron chi connectivity index (χ1n) is 6.12. The smallest absolute Gasteiger partial charge is 0.387 e. The average Bonchev–Trinajstić information content (AvgIpc) is 2.44. The Morgan fingerprint density at radius 3 is 2.43 bits per heavy atom. The third-order valence-corrected chi connectivity index (χ3v) is 2.67. The van der Waals surface area contributed by atoms with Crippen molar-refractivity contribution in [3.8, 4) is 17.6 Å². The molecular formula is C16H12F3NO. The number of nitrogens with two attached hydrogens (primary N) is 1. The van der Waals surface area contributed by atoms with E-state index in [-0.39, 0.29) is 11.4 Å². The molecule has 0 heterocycles. The number of rotatable bonds is 3. The summed E-state index contributed by atoms with van der Waals surface area (Å²) >= 11 is 0. The SMILES string of the molecule is Nc1ccc(C#CCc2ccc(OC(F)F)cc2)cc1F. The molecule has 0 fully saturated rings. The zero-order valence-corrected chi connectivity index (χ0v) is 10.9. The molecule has 2 N–H and O–H groups in total. The summed E-state index contributed by atoms with van der Waals surface area (Å²) in [5.74, 6) is 5.28. The number of anilines is 1. The van der Waals surface area contributed by atoms with Crippen molar-refractivity contribution in [1.82, 2.24) is 0 Å². The molecule has 2 rings (SSSR count). The summed E-state index contributed by atoms with van der Waals surface area (Å²) in [7, 11) is 0. The Bertz CT molecular complexity index is 672. The van der Waals surface area contributed by atoms with Crippen LogP contribution in [0.15, 0.2) is 42.5 Å². The van der Waals surface area contributed by atoms with Crippen LogP contribution in [0.2, 0.25) is 0 Å². The van der Waals surface area contributed by atoms with Gasteiger partial charge < -0.3 is 10.5 Å². The van der Waals surface area contributed by atoms with E-state index in [0.717, 1.165) is 5.56 Å². The number of alkyl halides is 2.